The van der Waals surface area contributed by atoms with Gasteiger partial charge in [0.05, 0.1) is 13.2 Å². The Morgan fingerprint density at radius 3 is 1.91 bits per heavy atom. The third-order valence-corrected chi connectivity index (χ3v) is 3.99. The maximum Gasteiger partial charge on any atom is 0.513 e. The fourth-order valence-electron chi connectivity index (χ4n) is 2.38. The first-order valence-corrected chi connectivity index (χ1v) is 10.0. The van der Waals surface area contributed by atoms with Crippen LogP contribution in [0.2, 0.25) is 0 Å². The summed E-state index contributed by atoms with van der Waals surface area (Å²) in [6, 6.07) is 3.22. The number of carbonyl (C=O) groups excluding carboxylic acids is 4. The Bertz CT molecular complexity index is 816. The minimum atomic E-state index is -1.06. The van der Waals surface area contributed by atoms with Crippen molar-refractivity contribution in [1.29, 1.82) is 0 Å². The van der Waals surface area contributed by atoms with E-state index in [1.165, 1.54) is 25.1 Å². The van der Waals surface area contributed by atoms with Gasteiger partial charge < -0.3 is 34.2 Å². The fraction of sp³-hybridized carbons (Fsp3) is 0.524. The van der Waals surface area contributed by atoms with Gasteiger partial charge in [-0.2, -0.15) is 0 Å². The number of esters is 2. The quantitative estimate of drug-likeness (QED) is 0.292. The van der Waals surface area contributed by atoms with Crippen LogP contribution in [0.3, 0.4) is 0 Å². The summed E-state index contributed by atoms with van der Waals surface area (Å²) in [5.41, 5.74) is 6.43. The Kier molecular flexibility index (Phi) is 13.5. The van der Waals surface area contributed by atoms with Gasteiger partial charge in [0.25, 0.3) is 0 Å². The van der Waals surface area contributed by atoms with Crippen molar-refractivity contribution in [2.45, 2.75) is 59.3 Å². The van der Waals surface area contributed by atoms with Crippen LogP contribution in [0.5, 0.6) is 11.5 Å². The van der Waals surface area contributed by atoms with Crippen molar-refractivity contribution in [3.05, 3.63) is 23.8 Å². The largest absolute Gasteiger partial charge is 0.513 e. The Morgan fingerprint density at radius 1 is 0.879 bits per heavy atom. The molecule has 0 heterocycles. The first-order chi connectivity index (χ1) is 15.1. The maximum absolute atomic E-state index is 12.3. The average Bonchev–Trinajstić information content (AvgIpc) is 2.69. The highest BCUT2D eigenvalue weighted by Crippen LogP contribution is 2.30. The lowest BCUT2D eigenvalue weighted by Crippen LogP contribution is -2.39. The van der Waals surface area contributed by atoms with Gasteiger partial charge in [-0.1, -0.05) is 6.07 Å². The Balaban J connectivity index is 0.0000102. The van der Waals surface area contributed by atoms with Gasteiger partial charge >= 0.3 is 24.2 Å². The number of benzene rings is 1. The summed E-state index contributed by atoms with van der Waals surface area (Å²) in [5, 5.41) is 0. The first kappa shape index (κ1) is 29.9. The van der Waals surface area contributed by atoms with E-state index in [1.807, 2.05) is 0 Å². The van der Waals surface area contributed by atoms with Crippen molar-refractivity contribution in [1.82, 2.24) is 0 Å². The highest BCUT2D eigenvalue weighted by atomic mass is 35.5. The number of carbonyl (C=O) groups is 4. The van der Waals surface area contributed by atoms with Crippen LogP contribution in [0, 0.1) is 0 Å². The van der Waals surface area contributed by atoms with E-state index < -0.39 is 42.5 Å². The molecule has 186 valence electrons. The molecule has 1 rings (SSSR count). The number of hydrogen-bond acceptors (Lipinski definition) is 11. The van der Waals surface area contributed by atoms with Crippen LogP contribution in [0.4, 0.5) is 9.59 Å². The van der Waals surface area contributed by atoms with E-state index in [1.54, 1.807) is 27.7 Å². The van der Waals surface area contributed by atoms with Gasteiger partial charge in [-0.3, -0.25) is 9.59 Å². The number of nitrogens with two attached hydrogens (primary N) is 1. The molecule has 0 amide bonds. The average molecular weight is 492 g/mol. The molecule has 3 atom stereocenters. The normalized spacial score (nSPS) is 12.8. The zero-order valence-corrected chi connectivity index (χ0v) is 20.0. The van der Waals surface area contributed by atoms with Crippen LogP contribution < -0.4 is 15.2 Å². The van der Waals surface area contributed by atoms with Crippen molar-refractivity contribution >= 4 is 36.7 Å². The van der Waals surface area contributed by atoms with Crippen molar-refractivity contribution < 1.29 is 47.6 Å². The zero-order chi connectivity index (χ0) is 24.3. The summed E-state index contributed by atoms with van der Waals surface area (Å²) in [4.78, 5) is 46.7. The summed E-state index contributed by atoms with van der Waals surface area (Å²) in [5.74, 6) is -1.41. The van der Waals surface area contributed by atoms with Crippen molar-refractivity contribution in [3.63, 3.8) is 0 Å². The molecule has 0 unspecified atom stereocenters. The highest BCUT2D eigenvalue weighted by molar-refractivity contribution is 5.85. The first-order valence-electron chi connectivity index (χ1n) is 10.0. The van der Waals surface area contributed by atoms with Crippen LogP contribution in [0.25, 0.3) is 0 Å². The monoisotopic (exact) mass is 491 g/mol. The van der Waals surface area contributed by atoms with E-state index in [0.717, 1.165) is 0 Å². The lowest BCUT2D eigenvalue weighted by atomic mass is 10.1. The maximum atomic E-state index is 12.3. The highest BCUT2D eigenvalue weighted by Gasteiger charge is 2.24. The lowest BCUT2D eigenvalue weighted by molar-refractivity contribution is -0.164. The molecule has 0 spiro atoms. The zero-order valence-electron chi connectivity index (χ0n) is 19.2. The smallest absolute Gasteiger partial charge is 0.459 e. The van der Waals surface area contributed by atoms with Gasteiger partial charge in [-0.05, 0) is 51.8 Å². The molecular formula is C21H30ClNO10. The third kappa shape index (κ3) is 10.9. The van der Waals surface area contributed by atoms with Crippen LogP contribution in [-0.4, -0.2) is 55.7 Å². The van der Waals surface area contributed by atoms with Crippen LogP contribution >= 0.6 is 12.4 Å². The molecule has 0 aliphatic heterocycles. The minimum absolute atomic E-state index is 0. The molecule has 0 fully saturated rings. The summed E-state index contributed by atoms with van der Waals surface area (Å²) in [6.45, 7) is 7.79. The topological polar surface area (TPSA) is 150 Å². The number of rotatable bonds is 10. The van der Waals surface area contributed by atoms with Gasteiger partial charge in [0.2, 0.25) is 0 Å². The van der Waals surface area contributed by atoms with Crippen molar-refractivity contribution in [2.75, 3.05) is 13.2 Å². The molecule has 0 radical (unpaired) electrons. The van der Waals surface area contributed by atoms with E-state index in [2.05, 4.69) is 0 Å². The molecule has 0 saturated carbocycles. The van der Waals surface area contributed by atoms with Gasteiger partial charge in [-0.15, -0.1) is 12.4 Å². The Morgan fingerprint density at radius 2 is 1.39 bits per heavy atom. The van der Waals surface area contributed by atoms with E-state index >= 15 is 0 Å². The van der Waals surface area contributed by atoms with Crippen LogP contribution in [-0.2, 0) is 35.0 Å². The second-order valence-corrected chi connectivity index (χ2v) is 6.62. The number of ether oxygens (including phenoxy) is 6. The Hall–Kier alpha value is -3.05. The molecular weight excluding hydrogens is 462 g/mol. The summed E-state index contributed by atoms with van der Waals surface area (Å²) < 4.78 is 29.8. The molecule has 33 heavy (non-hydrogen) atoms. The number of halogens is 1. The second-order valence-electron chi connectivity index (χ2n) is 6.62. The lowest BCUT2D eigenvalue weighted by Gasteiger charge is -2.22. The van der Waals surface area contributed by atoms with E-state index in [9.17, 15) is 19.2 Å². The fourth-order valence-corrected chi connectivity index (χ4v) is 2.38. The van der Waals surface area contributed by atoms with E-state index in [-0.39, 0.29) is 43.5 Å². The summed E-state index contributed by atoms with van der Waals surface area (Å²) in [6.07, 6.45) is -3.32. The van der Waals surface area contributed by atoms with E-state index in [0.29, 0.717) is 5.56 Å². The molecule has 1 aromatic carbocycles. The molecule has 0 bridgehead atoms. The standard InChI is InChI=1S/C21H29NO10.ClH/c1-6-27-20(25)31-17-9-8-15(11-18(17)32-21(26)28-7-2)10-16(22)19(24)30-13(4)12(3)29-14(5)23;/h8-9,11-13,16H,6-7,10,22H2,1-5H3;1H/t12-,13-,16+;/m1./s1. The van der Waals surface area contributed by atoms with Crippen molar-refractivity contribution in [2.24, 2.45) is 5.73 Å². The molecule has 0 aliphatic rings. The Labute approximate surface area is 198 Å². The molecule has 0 saturated heterocycles. The molecule has 0 aliphatic carbocycles. The van der Waals surface area contributed by atoms with Gasteiger partial charge in [0.15, 0.2) is 11.5 Å². The summed E-state index contributed by atoms with van der Waals surface area (Å²) >= 11 is 0. The van der Waals surface area contributed by atoms with E-state index in [4.69, 9.17) is 34.2 Å². The molecule has 1 aromatic rings. The molecule has 2 N–H and O–H groups in total. The number of hydrogen-bond donors (Lipinski definition) is 1. The second kappa shape index (κ2) is 14.9. The SMILES string of the molecule is CCOC(=O)Oc1ccc(C[C@H](N)C(=O)O[C@H](C)[C@@H](C)OC(C)=O)cc1OC(=O)OCC.Cl. The predicted molar refractivity (Wildman–Crippen MR) is 117 cm³/mol. The van der Waals surface area contributed by atoms with Crippen LogP contribution in [0.1, 0.15) is 40.2 Å². The van der Waals surface area contributed by atoms with Crippen LogP contribution in [0.15, 0.2) is 18.2 Å². The molecule has 0 aromatic heterocycles. The van der Waals surface area contributed by atoms with Crippen molar-refractivity contribution in [3.8, 4) is 11.5 Å². The minimum Gasteiger partial charge on any atom is -0.459 e. The molecule has 12 heteroatoms. The van der Waals surface area contributed by atoms with Gasteiger partial charge in [0.1, 0.15) is 18.2 Å². The van der Waals surface area contributed by atoms with Gasteiger partial charge in [-0.25, -0.2) is 9.59 Å². The predicted octanol–water partition coefficient (Wildman–Crippen LogP) is 2.93. The summed E-state index contributed by atoms with van der Waals surface area (Å²) in [7, 11) is 0. The van der Waals surface area contributed by atoms with Gasteiger partial charge in [0, 0.05) is 6.92 Å². The molecule has 11 nitrogen and oxygen atoms in total. The third-order valence-electron chi connectivity index (χ3n) is 3.99.